The standard InChI is InChI=1S/C16H24N2O2/c1-3-9-17-11-13(2)12-18-14-6-4-5-7-15(14)20-10-8-16(18)19/h4-7,13,17H,3,8-12H2,1-2H3. The minimum Gasteiger partial charge on any atom is -0.491 e. The minimum atomic E-state index is 0.150. The number of para-hydroxylation sites is 2. The normalized spacial score (nSPS) is 16.3. The lowest BCUT2D eigenvalue weighted by molar-refractivity contribution is -0.118. The van der Waals surface area contributed by atoms with Gasteiger partial charge in [0.1, 0.15) is 5.75 Å². The highest BCUT2D eigenvalue weighted by atomic mass is 16.5. The maximum Gasteiger partial charge on any atom is 0.230 e. The van der Waals surface area contributed by atoms with E-state index in [1.54, 1.807) is 0 Å². The molecular weight excluding hydrogens is 252 g/mol. The van der Waals surface area contributed by atoms with Gasteiger partial charge in [-0.15, -0.1) is 0 Å². The van der Waals surface area contributed by atoms with Crippen molar-refractivity contribution in [1.82, 2.24) is 5.32 Å². The Hall–Kier alpha value is -1.55. The van der Waals surface area contributed by atoms with Crippen LogP contribution in [0.15, 0.2) is 24.3 Å². The number of benzene rings is 1. The summed E-state index contributed by atoms with van der Waals surface area (Å²) >= 11 is 0. The second kappa shape index (κ2) is 7.29. The van der Waals surface area contributed by atoms with Gasteiger partial charge in [0.05, 0.1) is 18.7 Å². The molecule has 1 aromatic carbocycles. The Morgan fingerprint density at radius 2 is 2.20 bits per heavy atom. The number of nitrogens with zero attached hydrogens (tertiary/aromatic N) is 1. The minimum absolute atomic E-state index is 0.150. The van der Waals surface area contributed by atoms with Crippen molar-refractivity contribution in [2.24, 2.45) is 5.92 Å². The van der Waals surface area contributed by atoms with Crippen molar-refractivity contribution in [3.63, 3.8) is 0 Å². The number of carbonyl (C=O) groups is 1. The van der Waals surface area contributed by atoms with Crippen LogP contribution in [0, 0.1) is 5.92 Å². The van der Waals surface area contributed by atoms with Gasteiger partial charge in [-0.25, -0.2) is 0 Å². The molecule has 1 aromatic rings. The molecule has 2 rings (SSSR count). The Labute approximate surface area is 121 Å². The van der Waals surface area contributed by atoms with E-state index in [4.69, 9.17) is 4.74 Å². The lowest BCUT2D eigenvalue weighted by Gasteiger charge is -2.25. The highest BCUT2D eigenvalue weighted by molar-refractivity contribution is 5.95. The summed E-state index contributed by atoms with van der Waals surface area (Å²) in [6.45, 7) is 7.48. The van der Waals surface area contributed by atoms with Crippen molar-refractivity contribution in [1.29, 1.82) is 0 Å². The second-order valence-corrected chi connectivity index (χ2v) is 5.38. The number of carbonyl (C=O) groups excluding carboxylic acids is 1. The van der Waals surface area contributed by atoms with E-state index in [1.807, 2.05) is 29.2 Å². The molecule has 1 aliphatic rings. The molecule has 4 heteroatoms. The van der Waals surface area contributed by atoms with Crippen molar-refractivity contribution in [3.8, 4) is 5.75 Å². The first kappa shape index (κ1) is 14.9. The fourth-order valence-electron chi connectivity index (χ4n) is 2.42. The largest absolute Gasteiger partial charge is 0.491 e. The summed E-state index contributed by atoms with van der Waals surface area (Å²) < 4.78 is 5.65. The average Bonchev–Trinajstić information content (AvgIpc) is 2.60. The summed E-state index contributed by atoms with van der Waals surface area (Å²) in [6.07, 6.45) is 1.58. The number of hydrogen-bond acceptors (Lipinski definition) is 3. The van der Waals surface area contributed by atoms with Crippen LogP contribution >= 0.6 is 0 Å². The second-order valence-electron chi connectivity index (χ2n) is 5.38. The summed E-state index contributed by atoms with van der Waals surface area (Å²) in [5.41, 5.74) is 0.900. The van der Waals surface area contributed by atoms with Crippen LogP contribution in [0.4, 0.5) is 5.69 Å². The lowest BCUT2D eigenvalue weighted by Crippen LogP contribution is -2.37. The zero-order valence-electron chi connectivity index (χ0n) is 12.4. The predicted octanol–water partition coefficient (Wildman–Crippen LogP) is 2.44. The Balaban J connectivity index is 2.06. The van der Waals surface area contributed by atoms with Crippen LogP contribution in [0.1, 0.15) is 26.7 Å². The van der Waals surface area contributed by atoms with E-state index in [-0.39, 0.29) is 5.91 Å². The van der Waals surface area contributed by atoms with Gasteiger partial charge in [-0.05, 0) is 37.6 Å². The molecule has 0 aliphatic carbocycles. The molecule has 0 radical (unpaired) electrons. The van der Waals surface area contributed by atoms with Crippen molar-refractivity contribution < 1.29 is 9.53 Å². The maximum absolute atomic E-state index is 12.3. The summed E-state index contributed by atoms with van der Waals surface area (Å²) in [7, 11) is 0. The van der Waals surface area contributed by atoms with Gasteiger partial charge in [0.2, 0.25) is 5.91 Å². The van der Waals surface area contributed by atoms with E-state index in [2.05, 4.69) is 19.2 Å². The Morgan fingerprint density at radius 1 is 1.40 bits per heavy atom. The van der Waals surface area contributed by atoms with Crippen molar-refractivity contribution >= 4 is 11.6 Å². The molecule has 0 aromatic heterocycles. The van der Waals surface area contributed by atoms with Gasteiger partial charge >= 0.3 is 0 Å². The number of nitrogens with one attached hydrogen (secondary N) is 1. The molecular formula is C16H24N2O2. The van der Waals surface area contributed by atoms with E-state index in [1.165, 1.54) is 0 Å². The number of anilines is 1. The van der Waals surface area contributed by atoms with E-state index in [9.17, 15) is 4.79 Å². The van der Waals surface area contributed by atoms with Gasteiger partial charge in [-0.3, -0.25) is 4.79 Å². The van der Waals surface area contributed by atoms with Crippen LogP contribution in [-0.2, 0) is 4.79 Å². The van der Waals surface area contributed by atoms with Crippen LogP contribution in [0.2, 0.25) is 0 Å². The predicted molar refractivity (Wildman–Crippen MR) is 81.2 cm³/mol. The Morgan fingerprint density at radius 3 is 3.00 bits per heavy atom. The Kier molecular flexibility index (Phi) is 5.41. The molecule has 0 fully saturated rings. The number of fused-ring (bicyclic) bond motifs is 1. The van der Waals surface area contributed by atoms with E-state index in [0.717, 1.165) is 37.5 Å². The maximum atomic E-state index is 12.3. The third-order valence-corrected chi connectivity index (χ3v) is 3.44. The van der Waals surface area contributed by atoms with Crippen molar-refractivity contribution in [2.75, 3.05) is 31.1 Å². The quantitative estimate of drug-likeness (QED) is 0.811. The summed E-state index contributed by atoms with van der Waals surface area (Å²) in [5, 5.41) is 3.41. The number of hydrogen-bond donors (Lipinski definition) is 1. The van der Waals surface area contributed by atoms with Gasteiger partial charge in [-0.1, -0.05) is 26.0 Å². The molecule has 20 heavy (non-hydrogen) atoms. The third kappa shape index (κ3) is 3.73. The topological polar surface area (TPSA) is 41.6 Å². The molecule has 0 spiro atoms. The monoisotopic (exact) mass is 276 g/mol. The zero-order chi connectivity index (χ0) is 14.4. The van der Waals surface area contributed by atoms with Gasteiger partial charge in [0, 0.05) is 6.54 Å². The van der Waals surface area contributed by atoms with Crippen LogP contribution in [0.25, 0.3) is 0 Å². The van der Waals surface area contributed by atoms with Gasteiger partial charge in [-0.2, -0.15) is 0 Å². The first-order valence-electron chi connectivity index (χ1n) is 7.45. The van der Waals surface area contributed by atoms with E-state index in [0.29, 0.717) is 18.9 Å². The van der Waals surface area contributed by atoms with Gasteiger partial charge in [0.25, 0.3) is 0 Å². The number of rotatable bonds is 6. The zero-order valence-corrected chi connectivity index (χ0v) is 12.4. The highest BCUT2D eigenvalue weighted by Crippen LogP contribution is 2.31. The smallest absolute Gasteiger partial charge is 0.230 e. The van der Waals surface area contributed by atoms with E-state index < -0.39 is 0 Å². The van der Waals surface area contributed by atoms with Crippen molar-refractivity contribution in [2.45, 2.75) is 26.7 Å². The van der Waals surface area contributed by atoms with Crippen molar-refractivity contribution in [3.05, 3.63) is 24.3 Å². The lowest BCUT2D eigenvalue weighted by atomic mass is 10.1. The number of amides is 1. The molecule has 0 saturated carbocycles. The molecule has 0 bridgehead atoms. The molecule has 1 aliphatic heterocycles. The molecule has 1 N–H and O–H groups in total. The van der Waals surface area contributed by atoms with Crippen LogP contribution in [0.5, 0.6) is 5.75 Å². The first-order chi connectivity index (χ1) is 9.72. The summed E-state index contributed by atoms with van der Waals surface area (Å²) in [6, 6.07) is 7.79. The fourth-order valence-corrected chi connectivity index (χ4v) is 2.42. The molecule has 1 unspecified atom stereocenters. The molecule has 1 atom stereocenters. The van der Waals surface area contributed by atoms with Gasteiger partial charge in [0.15, 0.2) is 0 Å². The SMILES string of the molecule is CCCNCC(C)CN1C(=O)CCOc2ccccc21. The van der Waals surface area contributed by atoms with Gasteiger partial charge < -0.3 is 15.0 Å². The average molecular weight is 276 g/mol. The first-order valence-corrected chi connectivity index (χ1v) is 7.45. The number of ether oxygens (including phenoxy) is 1. The summed E-state index contributed by atoms with van der Waals surface area (Å²) in [4.78, 5) is 14.1. The third-order valence-electron chi connectivity index (χ3n) is 3.44. The highest BCUT2D eigenvalue weighted by Gasteiger charge is 2.24. The molecule has 1 amide bonds. The van der Waals surface area contributed by atoms with Crippen LogP contribution in [0.3, 0.4) is 0 Å². The molecule has 1 heterocycles. The fraction of sp³-hybridized carbons (Fsp3) is 0.562. The van der Waals surface area contributed by atoms with Crippen LogP contribution < -0.4 is 15.0 Å². The molecule has 0 saturated heterocycles. The summed E-state index contributed by atoms with van der Waals surface area (Å²) in [5.74, 6) is 1.38. The Bertz CT molecular complexity index is 448. The molecule has 4 nitrogen and oxygen atoms in total. The van der Waals surface area contributed by atoms with Crippen LogP contribution in [-0.4, -0.2) is 32.1 Å². The molecule has 110 valence electrons. The van der Waals surface area contributed by atoms with E-state index >= 15 is 0 Å².